The Morgan fingerprint density at radius 1 is 1.26 bits per heavy atom. The first kappa shape index (κ1) is 12.1. The summed E-state index contributed by atoms with van der Waals surface area (Å²) in [6.07, 6.45) is 17.6. The molecule has 3 rings (SSSR count). The summed E-state index contributed by atoms with van der Waals surface area (Å²) in [4.78, 5) is 0. The zero-order chi connectivity index (χ0) is 13.4. The Balaban J connectivity index is 2.34. The van der Waals surface area contributed by atoms with Gasteiger partial charge in [-0.2, -0.15) is 0 Å². The molecular formula is C19H18. The van der Waals surface area contributed by atoms with Crippen molar-refractivity contribution < 1.29 is 0 Å². The molecule has 2 unspecified atom stereocenters. The van der Waals surface area contributed by atoms with Gasteiger partial charge in [0, 0.05) is 0 Å². The summed E-state index contributed by atoms with van der Waals surface area (Å²) in [5, 5.41) is 0. The summed E-state index contributed by atoms with van der Waals surface area (Å²) < 4.78 is 0. The van der Waals surface area contributed by atoms with E-state index in [0.29, 0.717) is 5.92 Å². The highest BCUT2D eigenvalue weighted by Gasteiger charge is 2.24. The van der Waals surface area contributed by atoms with Gasteiger partial charge in [-0.25, -0.2) is 0 Å². The van der Waals surface area contributed by atoms with E-state index in [9.17, 15) is 0 Å². The van der Waals surface area contributed by atoms with E-state index in [1.165, 1.54) is 27.8 Å². The molecule has 0 bridgehead atoms. The lowest BCUT2D eigenvalue weighted by molar-refractivity contribution is 0.763. The Bertz CT molecular complexity index is 647. The van der Waals surface area contributed by atoms with Crippen LogP contribution in [0.25, 0.3) is 11.6 Å². The van der Waals surface area contributed by atoms with Gasteiger partial charge in [-0.1, -0.05) is 55.4 Å². The van der Waals surface area contributed by atoms with Gasteiger partial charge in [0.2, 0.25) is 0 Å². The normalized spacial score (nSPS) is 23.9. The van der Waals surface area contributed by atoms with Crippen molar-refractivity contribution in [1.82, 2.24) is 0 Å². The van der Waals surface area contributed by atoms with Crippen molar-refractivity contribution in [3.63, 3.8) is 0 Å². The summed E-state index contributed by atoms with van der Waals surface area (Å²) in [6, 6.07) is 4.50. The average Bonchev–Trinajstić information content (AvgIpc) is 2.64. The number of hydrogen-bond donors (Lipinski definition) is 0. The minimum atomic E-state index is 0.0774. The zero-order valence-corrected chi connectivity index (χ0v) is 11.5. The Labute approximate surface area is 115 Å². The maximum absolute atomic E-state index is 5.75. The molecule has 2 aliphatic rings. The quantitative estimate of drug-likeness (QED) is 0.571. The molecule has 1 aromatic rings. The van der Waals surface area contributed by atoms with E-state index in [1.54, 1.807) is 0 Å². The number of rotatable bonds is 0. The molecule has 0 aromatic heterocycles. The molecule has 0 radical (unpaired) electrons. The van der Waals surface area contributed by atoms with Crippen molar-refractivity contribution >= 4 is 11.6 Å². The SMILES string of the molecule is C#CC1C=CC=Cc2ccc3c(c21)C(C)=CCC3C. The third-order valence-corrected chi connectivity index (χ3v) is 4.20. The maximum Gasteiger partial charge on any atom is 0.0645 e. The van der Waals surface area contributed by atoms with Crippen LogP contribution >= 0.6 is 0 Å². The number of benzene rings is 1. The Morgan fingerprint density at radius 2 is 2.11 bits per heavy atom. The molecule has 0 saturated carbocycles. The predicted octanol–water partition coefficient (Wildman–Crippen LogP) is 4.90. The minimum Gasteiger partial charge on any atom is -0.119 e. The van der Waals surface area contributed by atoms with Crippen molar-refractivity contribution in [3.05, 3.63) is 58.7 Å². The molecule has 0 amide bonds. The topological polar surface area (TPSA) is 0 Å². The second-order valence-corrected chi connectivity index (χ2v) is 5.44. The van der Waals surface area contributed by atoms with Crippen LogP contribution in [0.4, 0.5) is 0 Å². The van der Waals surface area contributed by atoms with E-state index in [0.717, 1.165) is 6.42 Å². The Hall–Kier alpha value is -2.00. The van der Waals surface area contributed by atoms with Gasteiger partial charge in [0.15, 0.2) is 0 Å². The zero-order valence-electron chi connectivity index (χ0n) is 11.5. The van der Waals surface area contributed by atoms with Crippen molar-refractivity contribution in [1.29, 1.82) is 0 Å². The third kappa shape index (κ3) is 1.87. The first-order valence-electron chi connectivity index (χ1n) is 6.87. The van der Waals surface area contributed by atoms with Gasteiger partial charge >= 0.3 is 0 Å². The van der Waals surface area contributed by atoms with Crippen LogP contribution in [0, 0.1) is 12.3 Å². The summed E-state index contributed by atoms with van der Waals surface area (Å²) in [5.74, 6) is 3.59. The molecule has 0 heterocycles. The van der Waals surface area contributed by atoms with Gasteiger partial charge in [0.1, 0.15) is 0 Å². The van der Waals surface area contributed by atoms with Crippen molar-refractivity contribution in [2.45, 2.75) is 32.1 Å². The maximum atomic E-state index is 5.75. The summed E-state index contributed by atoms with van der Waals surface area (Å²) in [5.41, 5.74) is 6.77. The van der Waals surface area contributed by atoms with Crippen LogP contribution in [-0.4, -0.2) is 0 Å². The average molecular weight is 246 g/mol. The lowest BCUT2D eigenvalue weighted by Crippen LogP contribution is -2.09. The molecule has 0 aliphatic heterocycles. The van der Waals surface area contributed by atoms with Crippen LogP contribution < -0.4 is 0 Å². The van der Waals surface area contributed by atoms with Crippen molar-refractivity contribution in [2.24, 2.45) is 0 Å². The molecule has 0 spiro atoms. The van der Waals surface area contributed by atoms with Crippen molar-refractivity contribution in [3.8, 4) is 12.3 Å². The fraction of sp³-hybridized carbons (Fsp3) is 0.263. The standard InChI is InChI=1S/C19H18/c1-4-15-7-5-6-8-16-11-12-17-13(2)9-10-14(3)18(17)19(15)16/h1,5-8,10-13,15H,9H2,2-3H3. The molecule has 2 aliphatic carbocycles. The van der Waals surface area contributed by atoms with Gasteiger partial charge in [0.25, 0.3) is 0 Å². The fourth-order valence-corrected chi connectivity index (χ4v) is 3.14. The van der Waals surface area contributed by atoms with Gasteiger partial charge in [-0.15, -0.1) is 6.42 Å². The first-order valence-corrected chi connectivity index (χ1v) is 6.87. The van der Waals surface area contributed by atoms with E-state index >= 15 is 0 Å². The van der Waals surface area contributed by atoms with Crippen LogP contribution in [0.15, 0.2) is 36.4 Å². The largest absolute Gasteiger partial charge is 0.119 e. The number of fused-ring (bicyclic) bond motifs is 3. The lowest BCUT2D eigenvalue weighted by atomic mass is 9.77. The molecule has 1 aromatic carbocycles. The van der Waals surface area contributed by atoms with Crippen LogP contribution in [0.5, 0.6) is 0 Å². The number of allylic oxidation sites excluding steroid dienone is 5. The van der Waals surface area contributed by atoms with Crippen LogP contribution in [0.3, 0.4) is 0 Å². The lowest BCUT2D eigenvalue weighted by Gasteiger charge is -2.26. The van der Waals surface area contributed by atoms with Crippen molar-refractivity contribution in [2.75, 3.05) is 0 Å². The highest BCUT2D eigenvalue weighted by molar-refractivity contribution is 5.78. The molecular weight excluding hydrogens is 228 g/mol. The van der Waals surface area contributed by atoms with E-state index in [1.807, 2.05) is 0 Å². The van der Waals surface area contributed by atoms with Crippen LogP contribution in [-0.2, 0) is 0 Å². The molecule has 0 fully saturated rings. The second kappa shape index (κ2) is 4.59. The summed E-state index contributed by atoms with van der Waals surface area (Å²) in [7, 11) is 0. The van der Waals surface area contributed by atoms with Gasteiger partial charge < -0.3 is 0 Å². The molecule has 0 saturated heterocycles. The summed E-state index contributed by atoms with van der Waals surface area (Å²) >= 11 is 0. The molecule has 0 heteroatoms. The van der Waals surface area contributed by atoms with Gasteiger partial charge in [0.05, 0.1) is 5.92 Å². The molecule has 94 valence electrons. The smallest absolute Gasteiger partial charge is 0.0645 e. The Kier molecular flexibility index (Phi) is 2.91. The van der Waals surface area contributed by atoms with Crippen LogP contribution in [0.2, 0.25) is 0 Å². The van der Waals surface area contributed by atoms with E-state index in [-0.39, 0.29) is 5.92 Å². The molecule has 2 atom stereocenters. The number of terminal acetylenes is 1. The number of hydrogen-bond acceptors (Lipinski definition) is 0. The van der Waals surface area contributed by atoms with Gasteiger partial charge in [-0.3, -0.25) is 0 Å². The monoisotopic (exact) mass is 246 g/mol. The highest BCUT2D eigenvalue weighted by Crippen LogP contribution is 2.41. The van der Waals surface area contributed by atoms with E-state index in [2.05, 4.69) is 62.3 Å². The van der Waals surface area contributed by atoms with E-state index < -0.39 is 0 Å². The highest BCUT2D eigenvalue weighted by atomic mass is 14.3. The molecule has 0 nitrogen and oxygen atoms in total. The first-order chi connectivity index (χ1) is 9.22. The molecule has 19 heavy (non-hydrogen) atoms. The second-order valence-electron chi connectivity index (χ2n) is 5.44. The predicted molar refractivity (Wildman–Crippen MR) is 82.9 cm³/mol. The minimum absolute atomic E-state index is 0.0774. The summed E-state index contributed by atoms with van der Waals surface area (Å²) in [6.45, 7) is 4.50. The molecule has 0 N–H and O–H groups in total. The van der Waals surface area contributed by atoms with Gasteiger partial charge in [-0.05, 0) is 47.1 Å². The van der Waals surface area contributed by atoms with Crippen LogP contribution in [0.1, 0.15) is 54.4 Å². The fourth-order valence-electron chi connectivity index (χ4n) is 3.14. The van der Waals surface area contributed by atoms with E-state index in [4.69, 9.17) is 6.42 Å². The third-order valence-electron chi connectivity index (χ3n) is 4.20. The Morgan fingerprint density at radius 3 is 2.89 bits per heavy atom.